The largest absolute Gasteiger partial charge is 0.348 e. The lowest BCUT2D eigenvalue weighted by Gasteiger charge is -2.43. The summed E-state index contributed by atoms with van der Waals surface area (Å²) in [4.78, 5) is 43.1. The van der Waals surface area contributed by atoms with Gasteiger partial charge in [-0.15, -0.1) is 0 Å². The van der Waals surface area contributed by atoms with E-state index in [9.17, 15) is 14.4 Å². The van der Waals surface area contributed by atoms with Crippen molar-refractivity contribution >= 4 is 17.8 Å². The molecule has 4 amide bonds. The van der Waals surface area contributed by atoms with E-state index >= 15 is 0 Å². The van der Waals surface area contributed by atoms with E-state index < -0.39 is 11.6 Å². The highest BCUT2D eigenvalue weighted by Crippen LogP contribution is 2.46. The van der Waals surface area contributed by atoms with Gasteiger partial charge in [0, 0.05) is 12.4 Å². The second-order valence-electron chi connectivity index (χ2n) is 8.83. The lowest BCUT2D eigenvalue weighted by Crippen LogP contribution is -2.54. The maximum atomic E-state index is 13.1. The van der Waals surface area contributed by atoms with Crippen LogP contribution < -0.4 is 10.6 Å². The third-order valence-corrected chi connectivity index (χ3v) is 5.49. The van der Waals surface area contributed by atoms with Gasteiger partial charge in [0.1, 0.15) is 12.1 Å². The number of nitrogens with zero attached hydrogens (tertiary/aromatic N) is 2. The van der Waals surface area contributed by atoms with Crippen molar-refractivity contribution in [2.75, 3.05) is 6.54 Å². The predicted molar refractivity (Wildman–Crippen MR) is 101 cm³/mol. The van der Waals surface area contributed by atoms with Crippen LogP contribution in [0.4, 0.5) is 4.79 Å². The Morgan fingerprint density at radius 2 is 2.15 bits per heavy atom. The number of carbonyl (C=O) groups excluding carboxylic acids is 3. The standard InChI is InChI=1S/C20H28N4O3/c1-13-8-19(3,4)12-20(9-13)17(26)24(18(27)23-20)11-16(25)22-14(2)15-6-5-7-21-10-15/h5-7,10,13-14H,8-9,11-12H2,1-4H3,(H,22,25)(H,23,27). The summed E-state index contributed by atoms with van der Waals surface area (Å²) in [5, 5.41) is 5.72. The van der Waals surface area contributed by atoms with Gasteiger partial charge in [-0.25, -0.2) is 4.79 Å². The fourth-order valence-electron chi connectivity index (χ4n) is 4.80. The highest BCUT2D eigenvalue weighted by Gasteiger charge is 2.56. The molecule has 3 rings (SSSR count). The third kappa shape index (κ3) is 3.96. The van der Waals surface area contributed by atoms with Crippen molar-refractivity contribution < 1.29 is 14.4 Å². The van der Waals surface area contributed by atoms with E-state index in [0.717, 1.165) is 16.9 Å². The highest BCUT2D eigenvalue weighted by atomic mass is 16.2. The molecule has 7 nitrogen and oxygen atoms in total. The molecule has 0 aromatic carbocycles. The molecule has 1 saturated carbocycles. The third-order valence-electron chi connectivity index (χ3n) is 5.49. The highest BCUT2D eigenvalue weighted by molar-refractivity contribution is 6.09. The molecule has 1 saturated heterocycles. The molecule has 1 aliphatic carbocycles. The van der Waals surface area contributed by atoms with E-state index in [1.807, 2.05) is 13.0 Å². The lowest BCUT2D eigenvalue weighted by molar-refractivity contribution is -0.137. The molecule has 27 heavy (non-hydrogen) atoms. The second-order valence-corrected chi connectivity index (χ2v) is 8.83. The van der Waals surface area contributed by atoms with Gasteiger partial charge in [-0.1, -0.05) is 26.8 Å². The molecule has 2 heterocycles. The first-order chi connectivity index (χ1) is 12.6. The Balaban J connectivity index is 1.68. The number of hydrogen-bond donors (Lipinski definition) is 2. The van der Waals surface area contributed by atoms with Crippen molar-refractivity contribution in [2.24, 2.45) is 11.3 Å². The van der Waals surface area contributed by atoms with Crippen LogP contribution >= 0.6 is 0 Å². The zero-order chi connectivity index (χ0) is 19.8. The number of aromatic nitrogens is 1. The fraction of sp³-hybridized carbons (Fsp3) is 0.600. The zero-order valence-electron chi connectivity index (χ0n) is 16.4. The Bertz CT molecular complexity index is 749. The summed E-state index contributed by atoms with van der Waals surface area (Å²) >= 11 is 0. The molecular weight excluding hydrogens is 344 g/mol. The van der Waals surface area contributed by atoms with Crippen LogP contribution in [0.1, 0.15) is 58.6 Å². The quantitative estimate of drug-likeness (QED) is 0.794. The fourth-order valence-corrected chi connectivity index (χ4v) is 4.80. The van der Waals surface area contributed by atoms with Crippen molar-refractivity contribution in [1.82, 2.24) is 20.5 Å². The first kappa shape index (κ1) is 19.3. The first-order valence-electron chi connectivity index (χ1n) is 9.45. The topological polar surface area (TPSA) is 91.4 Å². The molecule has 2 N–H and O–H groups in total. The molecular formula is C20H28N4O3. The molecule has 1 spiro atoms. The Hall–Kier alpha value is -2.44. The molecule has 146 valence electrons. The van der Waals surface area contributed by atoms with Gasteiger partial charge < -0.3 is 10.6 Å². The van der Waals surface area contributed by atoms with E-state index in [0.29, 0.717) is 18.8 Å². The molecule has 2 fully saturated rings. The Labute approximate surface area is 159 Å². The SMILES string of the molecule is CC1CC(C)(C)CC2(C1)NC(=O)N(CC(=O)NC(C)c1cccnc1)C2=O. The monoisotopic (exact) mass is 372 g/mol. The Kier molecular flexibility index (Phi) is 4.97. The minimum absolute atomic E-state index is 0.0340. The molecule has 7 heteroatoms. The van der Waals surface area contributed by atoms with Gasteiger partial charge in [-0.05, 0) is 49.1 Å². The summed E-state index contributed by atoms with van der Waals surface area (Å²) in [7, 11) is 0. The van der Waals surface area contributed by atoms with Crippen LogP contribution in [0.2, 0.25) is 0 Å². The number of pyridine rings is 1. The van der Waals surface area contributed by atoms with Gasteiger partial charge >= 0.3 is 6.03 Å². The Morgan fingerprint density at radius 1 is 1.41 bits per heavy atom. The van der Waals surface area contributed by atoms with Gasteiger partial charge in [-0.2, -0.15) is 0 Å². The van der Waals surface area contributed by atoms with Crippen molar-refractivity contribution in [1.29, 1.82) is 0 Å². The minimum atomic E-state index is -0.881. The molecule has 1 aromatic rings. The number of amides is 4. The number of rotatable bonds is 4. The average molecular weight is 372 g/mol. The Morgan fingerprint density at radius 3 is 2.78 bits per heavy atom. The number of nitrogens with one attached hydrogen (secondary N) is 2. The van der Waals surface area contributed by atoms with Gasteiger partial charge in [-0.3, -0.25) is 19.5 Å². The van der Waals surface area contributed by atoms with Crippen LogP contribution in [-0.4, -0.2) is 39.8 Å². The lowest BCUT2D eigenvalue weighted by atomic mass is 9.64. The average Bonchev–Trinajstić information content (AvgIpc) is 2.77. The summed E-state index contributed by atoms with van der Waals surface area (Å²) < 4.78 is 0. The van der Waals surface area contributed by atoms with Gasteiger partial charge in [0.25, 0.3) is 5.91 Å². The normalized spacial score (nSPS) is 28.1. The van der Waals surface area contributed by atoms with Crippen molar-refractivity contribution in [3.8, 4) is 0 Å². The van der Waals surface area contributed by atoms with E-state index in [1.54, 1.807) is 18.5 Å². The van der Waals surface area contributed by atoms with Crippen LogP contribution in [0.3, 0.4) is 0 Å². The smallest absolute Gasteiger partial charge is 0.325 e. The molecule has 3 unspecified atom stereocenters. The summed E-state index contributed by atoms with van der Waals surface area (Å²) in [5.41, 5.74) is -0.0522. The molecule has 1 aliphatic heterocycles. The van der Waals surface area contributed by atoms with Crippen molar-refractivity contribution in [3.05, 3.63) is 30.1 Å². The van der Waals surface area contributed by atoms with E-state index in [4.69, 9.17) is 0 Å². The van der Waals surface area contributed by atoms with E-state index in [1.165, 1.54) is 0 Å². The van der Waals surface area contributed by atoms with E-state index in [-0.39, 0.29) is 29.8 Å². The summed E-state index contributed by atoms with van der Waals surface area (Å²) in [5.74, 6) is -0.316. The van der Waals surface area contributed by atoms with Crippen LogP contribution in [0.25, 0.3) is 0 Å². The molecule has 3 atom stereocenters. The van der Waals surface area contributed by atoms with Crippen LogP contribution in [0.15, 0.2) is 24.5 Å². The summed E-state index contributed by atoms with van der Waals surface area (Å²) in [6.07, 6.45) is 5.57. The first-order valence-corrected chi connectivity index (χ1v) is 9.45. The van der Waals surface area contributed by atoms with Gasteiger partial charge in [0.2, 0.25) is 5.91 Å². The van der Waals surface area contributed by atoms with Crippen molar-refractivity contribution in [3.63, 3.8) is 0 Å². The minimum Gasteiger partial charge on any atom is -0.348 e. The molecule has 2 aliphatic rings. The number of hydrogen-bond acceptors (Lipinski definition) is 4. The summed E-state index contributed by atoms with van der Waals surface area (Å²) in [6, 6.07) is 2.93. The maximum absolute atomic E-state index is 13.1. The number of imide groups is 1. The zero-order valence-corrected chi connectivity index (χ0v) is 16.4. The summed E-state index contributed by atoms with van der Waals surface area (Å²) in [6.45, 7) is 7.91. The van der Waals surface area contributed by atoms with Gasteiger partial charge in [0.15, 0.2) is 0 Å². The van der Waals surface area contributed by atoms with E-state index in [2.05, 4.69) is 36.4 Å². The van der Waals surface area contributed by atoms with Gasteiger partial charge in [0.05, 0.1) is 6.04 Å². The maximum Gasteiger partial charge on any atom is 0.325 e. The predicted octanol–water partition coefficient (Wildman–Crippen LogP) is 2.40. The second kappa shape index (κ2) is 6.94. The van der Waals surface area contributed by atoms with Crippen LogP contribution in [0.5, 0.6) is 0 Å². The number of urea groups is 1. The molecule has 1 aromatic heterocycles. The number of carbonyl (C=O) groups is 3. The van der Waals surface area contributed by atoms with Crippen molar-refractivity contribution in [2.45, 2.75) is 58.5 Å². The molecule has 0 bridgehead atoms. The van der Waals surface area contributed by atoms with Crippen LogP contribution in [0, 0.1) is 11.3 Å². The molecule has 0 radical (unpaired) electrons. The van der Waals surface area contributed by atoms with Crippen LogP contribution in [-0.2, 0) is 9.59 Å².